The summed E-state index contributed by atoms with van der Waals surface area (Å²) < 4.78 is 0. The van der Waals surface area contributed by atoms with Crippen molar-refractivity contribution in [2.45, 2.75) is 19.5 Å². The molecule has 3 N–H and O–H groups in total. The van der Waals surface area contributed by atoms with Gasteiger partial charge >= 0.3 is 0 Å². The molecule has 25 heavy (non-hydrogen) atoms. The first-order chi connectivity index (χ1) is 12.1. The molecule has 5 heteroatoms. The number of nitrogens with zero attached hydrogens (tertiary/aromatic N) is 1. The Hall–Kier alpha value is -2.53. The number of nitrogens with one attached hydrogen (secondary N) is 2. The number of hydrogen-bond acceptors (Lipinski definition) is 3. The Labute approximate surface area is 148 Å². The zero-order chi connectivity index (χ0) is 17.6. The molecule has 2 aromatic carbocycles. The molecule has 0 radical (unpaired) electrons. The third kappa shape index (κ3) is 4.31. The first-order valence-electron chi connectivity index (χ1n) is 8.84. The second-order valence-electron chi connectivity index (χ2n) is 6.56. The van der Waals surface area contributed by atoms with Gasteiger partial charge < -0.3 is 20.2 Å². The van der Waals surface area contributed by atoms with Crippen LogP contribution in [-0.4, -0.2) is 43.2 Å². The Bertz CT molecular complexity index is 697. The molecule has 0 aromatic heterocycles. The molecular formula is C20H26N3O2+. The maximum atomic E-state index is 12.4. The van der Waals surface area contributed by atoms with Crippen LogP contribution in [0.5, 0.6) is 5.75 Å². The number of phenolic OH excluding ortho intramolecular Hbond substituents is 1. The fourth-order valence-electron chi connectivity index (χ4n) is 3.32. The second-order valence-corrected chi connectivity index (χ2v) is 6.56. The summed E-state index contributed by atoms with van der Waals surface area (Å²) in [6.45, 7) is 6.00. The van der Waals surface area contributed by atoms with Gasteiger partial charge in [-0.25, -0.2) is 0 Å². The highest BCUT2D eigenvalue weighted by molar-refractivity contribution is 5.79. The van der Waals surface area contributed by atoms with E-state index in [9.17, 15) is 9.90 Å². The SMILES string of the molecule is C[C@H](C(=O)NCc1ccccc1)[NH+]1CCN(c2ccccc2O)CC1. The highest BCUT2D eigenvalue weighted by Crippen LogP contribution is 2.25. The average molecular weight is 340 g/mol. The lowest BCUT2D eigenvalue weighted by atomic mass is 10.1. The molecule has 3 rings (SSSR count). The smallest absolute Gasteiger partial charge is 0.278 e. The van der Waals surface area contributed by atoms with Crippen LogP contribution >= 0.6 is 0 Å². The van der Waals surface area contributed by atoms with Crippen molar-refractivity contribution in [1.29, 1.82) is 0 Å². The van der Waals surface area contributed by atoms with Crippen LogP contribution < -0.4 is 15.1 Å². The van der Waals surface area contributed by atoms with E-state index in [0.717, 1.165) is 37.4 Å². The number of aromatic hydroxyl groups is 1. The number of carbonyl (C=O) groups excluding carboxylic acids is 1. The van der Waals surface area contributed by atoms with E-state index >= 15 is 0 Å². The van der Waals surface area contributed by atoms with E-state index in [4.69, 9.17) is 0 Å². The van der Waals surface area contributed by atoms with E-state index in [1.807, 2.05) is 55.5 Å². The topological polar surface area (TPSA) is 57.0 Å². The van der Waals surface area contributed by atoms with Crippen LogP contribution in [0.15, 0.2) is 54.6 Å². The normalized spacial score (nSPS) is 16.4. The summed E-state index contributed by atoms with van der Waals surface area (Å²) in [6.07, 6.45) is 0. The highest BCUT2D eigenvalue weighted by atomic mass is 16.3. The van der Waals surface area contributed by atoms with Crippen molar-refractivity contribution in [3.05, 3.63) is 60.2 Å². The number of hydrogen-bond donors (Lipinski definition) is 3. The van der Waals surface area contributed by atoms with Crippen molar-refractivity contribution in [2.75, 3.05) is 31.1 Å². The summed E-state index contributed by atoms with van der Waals surface area (Å²) in [5, 5.41) is 13.0. The fourth-order valence-corrected chi connectivity index (χ4v) is 3.32. The first-order valence-corrected chi connectivity index (χ1v) is 8.84. The Morgan fingerprint density at radius 2 is 1.76 bits per heavy atom. The van der Waals surface area contributed by atoms with Gasteiger partial charge in [-0.05, 0) is 24.6 Å². The molecule has 1 saturated heterocycles. The summed E-state index contributed by atoms with van der Waals surface area (Å²) in [5.41, 5.74) is 1.99. The van der Waals surface area contributed by atoms with Gasteiger partial charge in [0.05, 0.1) is 31.9 Å². The minimum absolute atomic E-state index is 0.0739. The third-order valence-corrected chi connectivity index (χ3v) is 4.94. The maximum Gasteiger partial charge on any atom is 0.278 e. The number of anilines is 1. The predicted molar refractivity (Wildman–Crippen MR) is 98.8 cm³/mol. The number of phenols is 1. The minimum atomic E-state index is -0.0739. The quantitative estimate of drug-likeness (QED) is 0.755. The number of para-hydroxylation sites is 2. The molecule has 0 bridgehead atoms. The average Bonchev–Trinajstić information content (AvgIpc) is 2.67. The summed E-state index contributed by atoms with van der Waals surface area (Å²) in [4.78, 5) is 15.9. The maximum absolute atomic E-state index is 12.4. The predicted octanol–water partition coefficient (Wildman–Crippen LogP) is 0.802. The van der Waals surface area contributed by atoms with Crippen molar-refractivity contribution in [1.82, 2.24) is 5.32 Å². The van der Waals surface area contributed by atoms with E-state index < -0.39 is 0 Å². The molecule has 0 unspecified atom stereocenters. The molecule has 0 aliphatic carbocycles. The monoisotopic (exact) mass is 340 g/mol. The zero-order valence-electron chi connectivity index (χ0n) is 14.6. The molecule has 132 valence electrons. The van der Waals surface area contributed by atoms with Crippen LogP contribution in [0.1, 0.15) is 12.5 Å². The molecule has 1 amide bonds. The zero-order valence-corrected chi connectivity index (χ0v) is 14.6. The van der Waals surface area contributed by atoms with Gasteiger partial charge in [-0.2, -0.15) is 0 Å². The van der Waals surface area contributed by atoms with Gasteiger partial charge in [0.15, 0.2) is 6.04 Å². The Morgan fingerprint density at radius 3 is 2.44 bits per heavy atom. The van der Waals surface area contributed by atoms with Crippen molar-refractivity contribution >= 4 is 11.6 Å². The van der Waals surface area contributed by atoms with Gasteiger partial charge in [0.1, 0.15) is 5.75 Å². The van der Waals surface area contributed by atoms with Gasteiger partial charge in [0.25, 0.3) is 5.91 Å². The molecule has 0 spiro atoms. The number of amides is 1. The van der Waals surface area contributed by atoms with Crippen molar-refractivity contribution in [3.63, 3.8) is 0 Å². The Kier molecular flexibility index (Phi) is 5.56. The first kappa shape index (κ1) is 17.3. The molecular weight excluding hydrogens is 314 g/mol. The van der Waals surface area contributed by atoms with E-state index in [-0.39, 0.29) is 11.9 Å². The molecule has 5 nitrogen and oxygen atoms in total. The van der Waals surface area contributed by atoms with Gasteiger partial charge in [0, 0.05) is 6.54 Å². The van der Waals surface area contributed by atoms with Crippen LogP contribution in [-0.2, 0) is 11.3 Å². The van der Waals surface area contributed by atoms with Crippen LogP contribution in [0.4, 0.5) is 5.69 Å². The van der Waals surface area contributed by atoms with Crippen LogP contribution in [0, 0.1) is 0 Å². The van der Waals surface area contributed by atoms with Gasteiger partial charge in [-0.3, -0.25) is 4.79 Å². The van der Waals surface area contributed by atoms with E-state index in [1.54, 1.807) is 6.07 Å². The van der Waals surface area contributed by atoms with Crippen LogP contribution in [0.3, 0.4) is 0 Å². The molecule has 2 aromatic rings. The third-order valence-electron chi connectivity index (χ3n) is 4.94. The molecule has 1 aliphatic rings. The minimum Gasteiger partial charge on any atom is -0.506 e. The van der Waals surface area contributed by atoms with E-state index in [1.165, 1.54) is 4.90 Å². The largest absolute Gasteiger partial charge is 0.506 e. The molecule has 1 heterocycles. The molecule has 1 aliphatic heterocycles. The molecule has 0 saturated carbocycles. The van der Waals surface area contributed by atoms with Gasteiger partial charge in [0.2, 0.25) is 0 Å². The number of carbonyl (C=O) groups is 1. The highest BCUT2D eigenvalue weighted by Gasteiger charge is 2.29. The summed E-state index contributed by atoms with van der Waals surface area (Å²) in [5.74, 6) is 0.412. The number of rotatable bonds is 5. The van der Waals surface area contributed by atoms with Crippen molar-refractivity contribution < 1.29 is 14.8 Å². The lowest BCUT2D eigenvalue weighted by Crippen LogP contribution is -3.19. The second kappa shape index (κ2) is 8.03. The summed E-state index contributed by atoms with van der Waals surface area (Å²) >= 11 is 0. The fraction of sp³-hybridized carbons (Fsp3) is 0.350. The standard InChI is InChI=1S/C20H25N3O2/c1-16(20(25)21-15-17-7-3-2-4-8-17)22-11-13-23(14-12-22)18-9-5-6-10-19(18)24/h2-10,16,24H,11-15H2,1H3,(H,21,25)/p+1/t16-/m1/s1. The van der Waals surface area contributed by atoms with E-state index in [2.05, 4.69) is 10.2 Å². The van der Waals surface area contributed by atoms with Crippen LogP contribution in [0.2, 0.25) is 0 Å². The molecule has 1 fully saturated rings. The van der Waals surface area contributed by atoms with Gasteiger partial charge in [-0.1, -0.05) is 42.5 Å². The summed E-state index contributed by atoms with van der Waals surface area (Å²) in [7, 11) is 0. The van der Waals surface area contributed by atoms with Crippen LogP contribution in [0.25, 0.3) is 0 Å². The lowest BCUT2D eigenvalue weighted by Gasteiger charge is -2.36. The van der Waals surface area contributed by atoms with Crippen molar-refractivity contribution in [3.8, 4) is 5.75 Å². The van der Waals surface area contributed by atoms with Gasteiger partial charge in [-0.15, -0.1) is 0 Å². The Balaban J connectivity index is 1.50. The number of benzene rings is 2. The lowest BCUT2D eigenvalue weighted by molar-refractivity contribution is -0.914. The number of piperazine rings is 1. The van der Waals surface area contributed by atoms with Crippen molar-refractivity contribution in [2.24, 2.45) is 0 Å². The molecule has 1 atom stereocenters. The van der Waals surface area contributed by atoms with E-state index in [0.29, 0.717) is 12.3 Å². The Morgan fingerprint density at radius 1 is 1.12 bits per heavy atom. The number of quaternary nitrogens is 1. The summed E-state index contributed by atoms with van der Waals surface area (Å²) in [6, 6.07) is 17.3.